The number of hydrogen-bond donors (Lipinski definition) is 0. The zero-order valence-corrected chi connectivity index (χ0v) is 49.0. The Morgan fingerprint density at radius 1 is 0.278 bits per heavy atom. The molecule has 5 aliphatic rings. The van der Waals surface area contributed by atoms with E-state index in [1.807, 2.05) is 0 Å². The summed E-state index contributed by atoms with van der Waals surface area (Å²) in [6.07, 6.45) is -39.3. The van der Waals surface area contributed by atoms with Crippen LogP contribution < -0.4 is 5.19 Å². The molecule has 0 saturated carbocycles. The molecule has 0 N–H and O–H groups in total. The summed E-state index contributed by atoms with van der Waals surface area (Å²) in [7, 11) is -20.1. The average Bonchev–Trinajstić information content (AvgIpc) is 1.32. The van der Waals surface area contributed by atoms with Gasteiger partial charge >= 0.3 is 51.7 Å². The lowest BCUT2D eigenvalue weighted by atomic mass is 9.85. The van der Waals surface area contributed by atoms with Crippen LogP contribution in [0.2, 0.25) is 5.04 Å². The summed E-state index contributed by atoms with van der Waals surface area (Å²) in [4.78, 5) is 0. The molecule has 0 bridgehead atoms. The van der Waals surface area contributed by atoms with Gasteiger partial charge in [-0.15, -0.1) is 0 Å². The van der Waals surface area contributed by atoms with Gasteiger partial charge in [-0.2, -0.15) is 83.4 Å². The molecule has 0 radical (unpaired) electrons. The van der Waals surface area contributed by atoms with Gasteiger partial charge in [-0.05, 0) is 5.19 Å². The number of benzene rings is 6. The van der Waals surface area contributed by atoms with E-state index in [0.717, 1.165) is 0 Å². The van der Waals surface area contributed by atoms with Gasteiger partial charge in [0, 0.05) is 33.4 Å². The van der Waals surface area contributed by atoms with Crippen molar-refractivity contribution in [1.29, 1.82) is 0 Å². The molecule has 53 heteroatoms. The molecule has 0 saturated heterocycles. The van der Waals surface area contributed by atoms with E-state index >= 15 is 193 Å². The first-order valence-corrected chi connectivity index (χ1v) is 28.5. The quantitative estimate of drug-likeness (QED) is 0.0625. The van der Waals surface area contributed by atoms with Crippen LogP contribution in [0.4, 0.5) is 211 Å². The summed E-state index contributed by atoms with van der Waals surface area (Å²) in [6.45, 7) is 0. The van der Waals surface area contributed by atoms with E-state index in [1.165, 1.54) is 0 Å². The van der Waals surface area contributed by atoms with E-state index in [-0.39, 0.29) is 0 Å². The summed E-state index contributed by atoms with van der Waals surface area (Å²) >= 11 is 0. The van der Waals surface area contributed by atoms with Crippen LogP contribution in [-0.2, 0) is 37.2 Å². The van der Waals surface area contributed by atoms with Crippen molar-refractivity contribution < 1.29 is 225 Å². The van der Waals surface area contributed by atoms with Crippen molar-refractivity contribution in [2.45, 2.75) is 64.6 Å². The Morgan fingerprint density at radius 2 is 0.546 bits per heavy atom. The van der Waals surface area contributed by atoms with Crippen LogP contribution in [-0.4, -0.2) is 51.7 Å². The van der Waals surface area contributed by atoms with Crippen LogP contribution in [0, 0.1) is 128 Å². The van der Waals surface area contributed by atoms with Crippen LogP contribution in [0.25, 0.3) is 33.9 Å². The number of halogens is 48. The molecule has 6 aromatic carbocycles. The second-order valence-corrected chi connectivity index (χ2v) is 26.3. The van der Waals surface area contributed by atoms with Crippen LogP contribution in [0.1, 0.15) is 50.1 Å². The van der Waals surface area contributed by atoms with E-state index in [1.54, 1.807) is 0 Å². The minimum atomic E-state index is -13.3. The van der Waals surface area contributed by atoms with Gasteiger partial charge in [0.15, 0.2) is 145 Å². The van der Waals surface area contributed by atoms with Gasteiger partial charge < -0.3 is 14.0 Å². The molecule has 0 aromatic heterocycles. The number of hydrogen-bond acceptors (Lipinski definition) is 3. The van der Waals surface area contributed by atoms with Gasteiger partial charge in [-0.25, -0.2) is 127 Å². The van der Waals surface area contributed by atoms with Crippen molar-refractivity contribution >= 4 is 32.2 Å². The molecule has 108 heavy (non-hydrogen) atoms. The highest BCUT2D eigenvalue weighted by Gasteiger charge is 2.95. The van der Waals surface area contributed by atoms with Gasteiger partial charge in [0.25, 0.3) is 17.6 Å². The Labute approximate surface area is 555 Å². The molecule has 0 fully saturated rings. The summed E-state index contributed by atoms with van der Waals surface area (Å²) < 4.78 is 791. The first-order valence-electron chi connectivity index (χ1n) is 26.5. The Hall–Kier alpha value is -8.92. The number of alkyl halides is 22. The van der Waals surface area contributed by atoms with Gasteiger partial charge in [-0.3, -0.25) is 0 Å². The summed E-state index contributed by atoms with van der Waals surface area (Å²) in [5, 5.41) is -15.8. The molecule has 5 aliphatic carbocycles. The predicted molar refractivity (Wildman–Crippen MR) is 251 cm³/mol. The van der Waals surface area contributed by atoms with E-state index in [2.05, 4.69) is 14.0 Å². The molecular formula is C55HBF48O3Si. The molecule has 0 spiro atoms. The lowest BCUT2D eigenvalue weighted by molar-refractivity contribution is -0.189. The smallest absolute Gasteiger partial charge is 0.345 e. The van der Waals surface area contributed by atoms with Gasteiger partial charge in [0.05, 0.1) is 55.7 Å². The predicted octanol–water partition coefficient (Wildman–Crippen LogP) is 21.1. The van der Waals surface area contributed by atoms with Gasteiger partial charge in [0.1, 0.15) is 5.04 Å². The molecular weight excluding hydrogens is 1660 g/mol. The van der Waals surface area contributed by atoms with Crippen molar-refractivity contribution in [3.63, 3.8) is 0 Å². The lowest BCUT2D eigenvalue weighted by Gasteiger charge is -2.51. The molecule has 11 rings (SSSR count). The number of rotatable bonds is 9. The van der Waals surface area contributed by atoms with Crippen molar-refractivity contribution in [2.24, 2.45) is 0 Å². The van der Waals surface area contributed by atoms with Crippen LogP contribution in [0.5, 0.6) is 0 Å². The number of allylic oxidation sites excluding steroid dienone is 5. The molecule has 0 heterocycles. The zero-order chi connectivity index (χ0) is 82.2. The maximum atomic E-state index is 19.5. The van der Waals surface area contributed by atoms with Crippen LogP contribution >= 0.6 is 0 Å². The van der Waals surface area contributed by atoms with Gasteiger partial charge in [-0.1, -0.05) is 6.08 Å². The highest BCUT2D eigenvalue weighted by molar-refractivity contribution is 6.99. The summed E-state index contributed by atoms with van der Waals surface area (Å²) in [6, 6.07) is 0. The SMILES string of the molecule is FC1=C(F)C(F)(OB(OC2(F)c3c(F)c(F)c(F)c(F)c3-c3c(F)c(F)c(F)c(F)c32)OC2(F)c3c(F)c(F)c(F)c(F)c3-c3c(F)c(F)c(F)c(F)c32)c2c1c(F)c(F)c(C1(F)C(F)=C(F)c3c(F)c(F)c(F)c(F)c31)c2[Si](C(F)(F)F)(C(F)(F)F)C1(C(F)(F)F)C=C(C(F)(F)F)C(C(F)(F)F)=C1C(F)(F)F. The lowest BCUT2D eigenvalue weighted by Crippen LogP contribution is -2.81. The molecule has 3 nitrogen and oxygen atoms in total. The van der Waals surface area contributed by atoms with E-state index in [0.29, 0.717) is 0 Å². The molecule has 582 valence electrons. The normalized spacial score (nSPS) is 20.5. The molecule has 3 atom stereocenters. The third-order valence-electron chi connectivity index (χ3n) is 17.1. The fourth-order valence-corrected chi connectivity index (χ4v) is 18.1. The second kappa shape index (κ2) is 23.3. The van der Waals surface area contributed by atoms with Crippen molar-refractivity contribution in [2.75, 3.05) is 0 Å². The molecule has 6 aromatic rings. The first-order chi connectivity index (χ1) is 48.8. The summed E-state index contributed by atoms with van der Waals surface area (Å²) in [5.41, 5.74) is -79.6. The zero-order valence-electron chi connectivity index (χ0n) is 48.0. The highest BCUT2D eigenvalue weighted by Crippen LogP contribution is 2.76. The Morgan fingerprint density at radius 3 is 0.843 bits per heavy atom. The minimum Gasteiger partial charge on any atom is -0.345 e. The monoisotopic (exact) mass is 1660 g/mol. The number of fused-ring (bicyclic) bond motifs is 8. The maximum absolute atomic E-state index is 19.5. The largest absolute Gasteiger partial charge is 0.647 e. The fraction of sp³-hybridized carbons (Fsp3) is 0.200. The Kier molecular flexibility index (Phi) is 17.3. The van der Waals surface area contributed by atoms with Crippen molar-refractivity contribution in [3.05, 3.63) is 212 Å². The standard InChI is InChI=1S/C55HBF48O3Si/c57-17-3-4-12(27(67)38(78)32(72)18(4)58)47(84,11(3)26(66)37(77)31(17)71)105-56(106-48(85)13-5(19(59)33(73)39(79)28(13)68)6-14(48)29(69)40(80)34(74)20(6)60)107-49(86)15-8(24(64)44(49)82)21(61)30(70)16(46(83)10-7(23(63)43(46)81)22(62)35(75)36(76)25(10)65)41(15)108(54(99,100)101,55(102,103)104)45(53(96,97)98)1-2(50(87,88)89)9(51(90,91)92)42(45)52(93,94)95/h1H. The first kappa shape index (κ1) is 80.1. The molecule has 3 unspecified atom stereocenters. The summed E-state index contributed by atoms with van der Waals surface area (Å²) in [5.74, 6) is -152. The van der Waals surface area contributed by atoms with Crippen molar-refractivity contribution in [3.8, 4) is 22.3 Å². The average molecular weight is 1660 g/mol. The third-order valence-corrected chi connectivity index (χ3v) is 21.9. The van der Waals surface area contributed by atoms with E-state index in [9.17, 15) is 17.6 Å². The van der Waals surface area contributed by atoms with Crippen LogP contribution in [0.15, 0.2) is 34.4 Å². The maximum Gasteiger partial charge on any atom is 0.647 e. The van der Waals surface area contributed by atoms with Crippen LogP contribution in [0.3, 0.4) is 0 Å². The second-order valence-electron chi connectivity index (χ2n) is 22.4. The van der Waals surface area contributed by atoms with E-state index in [4.69, 9.17) is 0 Å². The molecule has 0 aliphatic heterocycles. The fourth-order valence-electron chi connectivity index (χ4n) is 13.2. The van der Waals surface area contributed by atoms with Crippen molar-refractivity contribution in [1.82, 2.24) is 0 Å². The van der Waals surface area contributed by atoms with Gasteiger partial charge in [0.2, 0.25) is 11.5 Å². The Balaban J connectivity index is 1.44. The highest BCUT2D eigenvalue weighted by atomic mass is 28.3. The van der Waals surface area contributed by atoms with E-state index < -0.39 is 332 Å². The minimum absolute atomic E-state index is 3.39. The topological polar surface area (TPSA) is 27.7 Å². The third kappa shape index (κ3) is 9.50. The Bertz CT molecular complexity index is 4960. The molecule has 0 amide bonds.